The summed E-state index contributed by atoms with van der Waals surface area (Å²) in [6.45, 7) is 2.73. The van der Waals surface area contributed by atoms with Crippen LogP contribution in [0.1, 0.15) is 25.5 Å². The highest BCUT2D eigenvalue weighted by Crippen LogP contribution is 2.45. The van der Waals surface area contributed by atoms with Gasteiger partial charge in [0.15, 0.2) is 17.5 Å². The van der Waals surface area contributed by atoms with Gasteiger partial charge in [-0.05, 0) is 38.1 Å². The fraction of sp³-hybridized carbons (Fsp3) is 0.407. The summed E-state index contributed by atoms with van der Waals surface area (Å²) in [4.78, 5) is 25.7. The van der Waals surface area contributed by atoms with Gasteiger partial charge in [0.1, 0.15) is 76.7 Å². The number of fused-ring (bicyclic) bond motifs is 1. The van der Waals surface area contributed by atoms with Crippen molar-refractivity contribution >= 4 is 16.8 Å². The number of carbonyl (C=O) groups is 1. The first-order chi connectivity index (χ1) is 18.9. The molecule has 40 heavy (non-hydrogen) atoms. The summed E-state index contributed by atoms with van der Waals surface area (Å²) in [6, 6.07) is 7.94. The van der Waals surface area contributed by atoms with Crippen molar-refractivity contribution in [1.29, 1.82) is 0 Å². The van der Waals surface area contributed by atoms with Gasteiger partial charge in [-0.3, -0.25) is 9.59 Å². The van der Waals surface area contributed by atoms with Crippen LogP contribution in [0.4, 0.5) is 0 Å². The number of aliphatic hydroxyl groups excluding tert-OH is 4. The molecule has 13 nitrogen and oxygen atoms in total. The topological polar surface area (TPSA) is 217 Å². The fourth-order valence-electron chi connectivity index (χ4n) is 4.94. The van der Waals surface area contributed by atoms with Crippen molar-refractivity contribution in [3.63, 3.8) is 0 Å². The molecule has 0 aliphatic carbocycles. The van der Waals surface area contributed by atoms with E-state index in [4.69, 9.17) is 18.6 Å². The molecule has 2 aliphatic heterocycles. The van der Waals surface area contributed by atoms with Crippen LogP contribution in [-0.2, 0) is 19.0 Å². The van der Waals surface area contributed by atoms with E-state index >= 15 is 0 Å². The van der Waals surface area contributed by atoms with Gasteiger partial charge in [0, 0.05) is 17.7 Å². The Bertz CT molecular complexity index is 1480. The second kappa shape index (κ2) is 10.4. The molecule has 2 aromatic carbocycles. The molecule has 3 heterocycles. The van der Waals surface area contributed by atoms with Crippen LogP contribution in [-0.4, -0.2) is 90.5 Å². The molecule has 2 fully saturated rings. The Hall–Kier alpha value is -3.56. The zero-order valence-electron chi connectivity index (χ0n) is 21.2. The maximum atomic E-state index is 13.1. The number of rotatable bonds is 4. The van der Waals surface area contributed by atoms with Gasteiger partial charge in [-0.2, -0.15) is 0 Å². The summed E-state index contributed by atoms with van der Waals surface area (Å²) in [5.41, 5.74) is -0.853. The molecule has 214 valence electrons. The molecule has 0 saturated carbocycles. The first kappa shape index (κ1) is 28.0. The van der Waals surface area contributed by atoms with E-state index in [2.05, 4.69) is 0 Å². The van der Waals surface area contributed by atoms with Crippen molar-refractivity contribution in [2.45, 2.75) is 69.0 Å². The summed E-state index contributed by atoms with van der Waals surface area (Å²) < 4.78 is 22.6. The first-order valence-corrected chi connectivity index (χ1v) is 12.4. The summed E-state index contributed by atoms with van der Waals surface area (Å²) in [7, 11) is 0. The maximum Gasteiger partial charge on any atom is 0.197 e. The minimum Gasteiger partial charge on any atom is -0.508 e. The number of carbonyl (C=O) groups excluding carboxylic acids is 1. The van der Waals surface area contributed by atoms with Gasteiger partial charge >= 0.3 is 0 Å². The number of ketones is 1. The minimum absolute atomic E-state index is 0.00254. The normalized spacial score (nSPS) is 32.9. The van der Waals surface area contributed by atoms with Crippen LogP contribution >= 0.6 is 0 Å². The Morgan fingerprint density at radius 1 is 0.850 bits per heavy atom. The molecular weight excluding hydrogens is 532 g/mol. The number of aromatic hydroxyl groups is 3. The Morgan fingerprint density at radius 2 is 1.52 bits per heavy atom. The van der Waals surface area contributed by atoms with Crippen LogP contribution in [0.5, 0.6) is 17.2 Å². The molecule has 13 heteroatoms. The molecule has 0 spiro atoms. The van der Waals surface area contributed by atoms with Gasteiger partial charge < -0.3 is 54.4 Å². The predicted octanol–water partition coefficient (Wildman–Crippen LogP) is 0.179. The highest BCUT2D eigenvalue weighted by atomic mass is 16.7. The molecule has 2 aliphatic rings. The van der Waals surface area contributed by atoms with E-state index in [9.17, 15) is 45.3 Å². The van der Waals surface area contributed by atoms with E-state index in [-0.39, 0.29) is 22.5 Å². The third-order valence-electron chi connectivity index (χ3n) is 7.20. The van der Waals surface area contributed by atoms with E-state index in [0.29, 0.717) is 5.56 Å². The Balaban J connectivity index is 1.58. The molecule has 7 N–H and O–H groups in total. The Kier molecular flexibility index (Phi) is 7.31. The molecule has 3 aromatic rings. The first-order valence-electron chi connectivity index (χ1n) is 12.4. The molecule has 2 saturated heterocycles. The van der Waals surface area contributed by atoms with Gasteiger partial charge in [0.25, 0.3) is 0 Å². The van der Waals surface area contributed by atoms with Crippen LogP contribution in [0.3, 0.4) is 0 Å². The third kappa shape index (κ3) is 4.71. The van der Waals surface area contributed by atoms with Crippen molar-refractivity contribution < 1.29 is 59.2 Å². The van der Waals surface area contributed by atoms with Gasteiger partial charge in [0.2, 0.25) is 0 Å². The van der Waals surface area contributed by atoms with Crippen molar-refractivity contribution in [3.05, 3.63) is 52.2 Å². The third-order valence-corrected chi connectivity index (χ3v) is 7.20. The smallest absolute Gasteiger partial charge is 0.197 e. The molecule has 5 rings (SSSR count). The minimum atomic E-state index is -1.90. The number of Topliss-reactive ketones (excluding diaryl/α,β-unsaturated/α-hetero) is 1. The predicted molar refractivity (Wildman–Crippen MR) is 134 cm³/mol. The maximum absolute atomic E-state index is 13.1. The molecule has 9 atom stereocenters. The highest BCUT2D eigenvalue weighted by molar-refractivity contribution is 5.90. The second-order valence-electron chi connectivity index (χ2n) is 9.88. The lowest BCUT2D eigenvalue weighted by Gasteiger charge is -2.44. The zero-order chi connectivity index (χ0) is 29.0. The summed E-state index contributed by atoms with van der Waals surface area (Å²) in [5.74, 6) is -2.11. The van der Waals surface area contributed by atoms with Crippen molar-refractivity contribution in [2.75, 3.05) is 0 Å². The lowest BCUT2D eigenvalue weighted by Crippen LogP contribution is -2.60. The average molecular weight is 561 g/mol. The van der Waals surface area contributed by atoms with Crippen LogP contribution < -0.4 is 5.43 Å². The van der Waals surface area contributed by atoms with E-state index in [1.807, 2.05) is 0 Å². The zero-order valence-corrected chi connectivity index (χ0v) is 21.2. The number of phenolic OH excluding ortho intramolecular Hbond substituents is 3. The van der Waals surface area contributed by atoms with Crippen LogP contribution in [0.25, 0.3) is 22.3 Å². The molecular formula is C27H28O13. The summed E-state index contributed by atoms with van der Waals surface area (Å²) >= 11 is 0. The monoisotopic (exact) mass is 560 g/mol. The fourth-order valence-corrected chi connectivity index (χ4v) is 4.94. The number of aliphatic hydroxyl groups is 4. The molecule has 0 radical (unpaired) electrons. The summed E-state index contributed by atoms with van der Waals surface area (Å²) in [5, 5.41) is 72.7. The van der Waals surface area contributed by atoms with Crippen molar-refractivity contribution in [3.8, 4) is 28.6 Å². The van der Waals surface area contributed by atoms with E-state index < -0.39 is 83.4 Å². The van der Waals surface area contributed by atoms with E-state index in [0.717, 1.165) is 12.1 Å². The molecule has 0 bridgehead atoms. The summed E-state index contributed by atoms with van der Waals surface area (Å²) in [6.07, 6.45) is -14.0. The van der Waals surface area contributed by atoms with Gasteiger partial charge in [0.05, 0.1) is 11.7 Å². The number of hydrogen-bond acceptors (Lipinski definition) is 13. The van der Waals surface area contributed by atoms with Crippen LogP contribution in [0.15, 0.2) is 45.6 Å². The standard InChI is InChI=1S/C27H28O13/c1-9-20(32)23(35)26(40-27-24(36)22(34)19(31)10(2)38-27)25(37-9)18-14(30)8-16-17(21(18)33)13(29)7-15(39-16)11-3-5-12(28)6-4-11/h3-10,19,22-28,30-31,33-36H,1-2H3. The number of benzene rings is 2. The van der Waals surface area contributed by atoms with Crippen molar-refractivity contribution in [1.82, 2.24) is 0 Å². The largest absolute Gasteiger partial charge is 0.508 e. The quantitative estimate of drug-likeness (QED) is 0.227. The molecule has 1 aromatic heterocycles. The number of ether oxygens (including phenoxy) is 3. The van der Waals surface area contributed by atoms with E-state index in [1.165, 1.54) is 38.1 Å². The lowest BCUT2D eigenvalue weighted by molar-refractivity contribution is -0.323. The van der Waals surface area contributed by atoms with Gasteiger partial charge in [-0.1, -0.05) is 0 Å². The van der Waals surface area contributed by atoms with Crippen LogP contribution in [0, 0.1) is 0 Å². The molecule has 9 unspecified atom stereocenters. The van der Waals surface area contributed by atoms with Gasteiger partial charge in [-0.15, -0.1) is 0 Å². The van der Waals surface area contributed by atoms with Gasteiger partial charge in [-0.25, -0.2) is 0 Å². The van der Waals surface area contributed by atoms with E-state index in [1.54, 1.807) is 0 Å². The Labute approximate surface area is 226 Å². The Morgan fingerprint density at radius 3 is 2.20 bits per heavy atom. The van der Waals surface area contributed by atoms with Crippen LogP contribution in [0.2, 0.25) is 0 Å². The highest BCUT2D eigenvalue weighted by Gasteiger charge is 2.50. The SMILES string of the molecule is CC1OC(c2c(O)cc3oc(-c4ccc(O)cc4)cc(=O)c3c2O)C(OC2OC(C)C(O)C(O)C2O)C(O)C1=O. The second-order valence-corrected chi connectivity index (χ2v) is 9.88. The van der Waals surface area contributed by atoms with Crippen molar-refractivity contribution in [2.24, 2.45) is 0 Å². The lowest BCUT2D eigenvalue weighted by atomic mass is 9.90. The number of hydrogen-bond donors (Lipinski definition) is 7. The average Bonchev–Trinajstić information content (AvgIpc) is 2.91. The molecule has 0 amide bonds. The number of phenols is 3.